The SMILES string of the molecule is C[Si](C)(C)c1cc(P(Cl)c2cc([Si](C)(C)C)cc([Si](C)(C)C)c2)cc([Si](C)(C)C)c1. The van der Waals surface area contributed by atoms with E-state index in [0.29, 0.717) is 0 Å². The van der Waals surface area contributed by atoms with Gasteiger partial charge in [-0.2, -0.15) is 0 Å². The van der Waals surface area contributed by atoms with Crippen LogP contribution in [-0.4, -0.2) is 32.3 Å². The zero-order chi connectivity index (χ0) is 23.3. The van der Waals surface area contributed by atoms with Crippen molar-refractivity contribution in [1.29, 1.82) is 0 Å². The monoisotopic (exact) mass is 508 g/mol. The number of hydrogen-bond donors (Lipinski definition) is 0. The van der Waals surface area contributed by atoms with Crippen LogP contribution in [0.4, 0.5) is 0 Å². The lowest BCUT2D eigenvalue weighted by atomic mass is 10.3. The summed E-state index contributed by atoms with van der Waals surface area (Å²) in [5, 5.41) is 8.93. The van der Waals surface area contributed by atoms with Crippen molar-refractivity contribution in [3.8, 4) is 0 Å². The topological polar surface area (TPSA) is 0 Å². The molecular formula is C24H42ClPSi4. The highest BCUT2D eigenvalue weighted by atomic mass is 35.7. The van der Waals surface area contributed by atoms with E-state index in [-0.39, 0.29) is 0 Å². The molecule has 30 heavy (non-hydrogen) atoms. The summed E-state index contributed by atoms with van der Waals surface area (Å²) in [6.07, 6.45) is 0. The van der Waals surface area contributed by atoms with Crippen molar-refractivity contribution in [2.75, 3.05) is 0 Å². The Morgan fingerprint density at radius 3 is 0.800 bits per heavy atom. The Kier molecular flexibility index (Phi) is 7.67. The molecule has 0 fully saturated rings. The van der Waals surface area contributed by atoms with Crippen LogP contribution >= 0.6 is 18.5 Å². The average Bonchev–Trinajstić information content (AvgIpc) is 2.57. The molecule has 0 radical (unpaired) electrons. The molecule has 0 saturated heterocycles. The molecule has 0 spiro atoms. The highest BCUT2D eigenvalue weighted by Gasteiger charge is 2.27. The predicted octanol–water partition coefficient (Wildman–Crippen LogP) is 5.45. The maximum Gasteiger partial charge on any atom is 0.0776 e. The van der Waals surface area contributed by atoms with E-state index in [1.165, 1.54) is 10.6 Å². The molecule has 2 aromatic carbocycles. The molecule has 2 aromatic rings. The zero-order valence-corrected chi connectivity index (χ0v) is 26.9. The van der Waals surface area contributed by atoms with E-state index in [1.54, 1.807) is 20.7 Å². The smallest absolute Gasteiger partial charge is 0.0776 e. The van der Waals surface area contributed by atoms with Crippen molar-refractivity contribution in [3.05, 3.63) is 36.4 Å². The Morgan fingerprint density at radius 2 is 0.633 bits per heavy atom. The van der Waals surface area contributed by atoms with Crippen LogP contribution in [0.5, 0.6) is 0 Å². The van der Waals surface area contributed by atoms with Crippen LogP contribution in [0.1, 0.15) is 0 Å². The molecule has 6 heteroatoms. The number of hydrogen-bond acceptors (Lipinski definition) is 0. The van der Waals surface area contributed by atoms with E-state index >= 15 is 0 Å². The van der Waals surface area contributed by atoms with Crippen LogP contribution in [0.25, 0.3) is 0 Å². The summed E-state index contributed by atoms with van der Waals surface area (Å²) < 4.78 is 0. The Morgan fingerprint density at radius 1 is 0.433 bits per heavy atom. The zero-order valence-electron chi connectivity index (χ0n) is 21.3. The number of benzene rings is 2. The molecule has 0 saturated carbocycles. The van der Waals surface area contributed by atoms with Crippen molar-refractivity contribution in [2.45, 2.75) is 78.6 Å². The first-order valence-electron chi connectivity index (χ1n) is 11.1. The summed E-state index contributed by atoms with van der Waals surface area (Å²) in [4.78, 5) is 0. The van der Waals surface area contributed by atoms with Crippen molar-refractivity contribution in [1.82, 2.24) is 0 Å². The Labute approximate surface area is 196 Å². The number of rotatable bonds is 6. The second-order valence-corrected chi connectivity index (χ2v) is 35.7. The fourth-order valence-corrected chi connectivity index (χ4v) is 10.7. The average molecular weight is 509 g/mol. The van der Waals surface area contributed by atoms with E-state index in [0.717, 1.165) is 0 Å². The molecule has 2 rings (SSSR count). The molecule has 0 aromatic heterocycles. The molecule has 166 valence electrons. The van der Waals surface area contributed by atoms with E-state index in [4.69, 9.17) is 11.2 Å². The van der Waals surface area contributed by atoms with Crippen LogP contribution in [0.2, 0.25) is 78.6 Å². The van der Waals surface area contributed by atoms with Crippen molar-refractivity contribution < 1.29 is 0 Å². The van der Waals surface area contributed by atoms with Crippen LogP contribution in [0.15, 0.2) is 36.4 Å². The summed E-state index contributed by atoms with van der Waals surface area (Å²) >= 11 is 7.35. The fourth-order valence-electron chi connectivity index (χ4n) is 3.33. The summed E-state index contributed by atoms with van der Waals surface area (Å²) in [6, 6.07) is 14.8. The molecule has 0 amide bonds. The second-order valence-electron chi connectivity index (χ2n) is 12.8. The van der Waals surface area contributed by atoms with Crippen molar-refractivity contribution in [2.24, 2.45) is 0 Å². The largest absolute Gasteiger partial charge is 0.0859 e. The van der Waals surface area contributed by atoms with Crippen LogP contribution in [0, 0.1) is 0 Å². The first-order valence-corrected chi connectivity index (χ1v) is 27.3. The Balaban J connectivity index is 2.72. The Bertz CT molecular complexity index is 773. The summed E-state index contributed by atoms with van der Waals surface area (Å²) in [5.41, 5.74) is 0. The van der Waals surface area contributed by atoms with Gasteiger partial charge in [0, 0.05) is 0 Å². The first kappa shape index (κ1) is 26.3. The molecular weight excluding hydrogens is 467 g/mol. The third-order valence-corrected chi connectivity index (χ3v) is 16.4. The maximum atomic E-state index is 7.35. The summed E-state index contributed by atoms with van der Waals surface area (Å²) in [6.45, 7) is 29.4. The van der Waals surface area contributed by atoms with E-state index in [1.807, 2.05) is 0 Å². The molecule has 0 nitrogen and oxygen atoms in total. The van der Waals surface area contributed by atoms with E-state index < -0.39 is 39.6 Å². The standard InChI is InChI=1S/C24H42ClPSi4/c1-27(2,3)21-13-19(14-22(17-21)28(4,5)6)26(25)20-15-23(29(7,8)9)18-24(16-20)30(10,11)12/h13-18H,1-12H3. The third kappa shape index (κ3) is 6.52. The van der Waals surface area contributed by atoms with E-state index in [9.17, 15) is 0 Å². The maximum absolute atomic E-state index is 7.35. The fraction of sp³-hybridized carbons (Fsp3) is 0.500. The molecule has 0 N–H and O–H groups in total. The minimum Gasteiger partial charge on any atom is -0.0859 e. The van der Waals surface area contributed by atoms with Gasteiger partial charge in [0.2, 0.25) is 0 Å². The van der Waals surface area contributed by atoms with Gasteiger partial charge in [0.25, 0.3) is 0 Å². The highest BCUT2D eigenvalue weighted by molar-refractivity contribution is 7.95. The molecule has 0 aliphatic rings. The van der Waals surface area contributed by atoms with Gasteiger partial charge >= 0.3 is 0 Å². The second kappa shape index (κ2) is 8.76. The minimum atomic E-state index is -1.42. The van der Waals surface area contributed by atoms with Gasteiger partial charge in [-0.25, -0.2) is 0 Å². The molecule has 0 aliphatic carbocycles. The van der Waals surface area contributed by atoms with Crippen LogP contribution < -0.4 is 31.4 Å². The Hall–Kier alpha value is 0.0275. The quantitative estimate of drug-likeness (QED) is 0.359. The van der Waals surface area contributed by atoms with Crippen molar-refractivity contribution >= 4 is 82.2 Å². The minimum absolute atomic E-state index is 0.863. The van der Waals surface area contributed by atoms with Gasteiger partial charge in [-0.05, 0) is 10.6 Å². The first-order chi connectivity index (χ1) is 13.3. The van der Waals surface area contributed by atoms with Gasteiger partial charge in [0.1, 0.15) is 0 Å². The number of halogens is 1. The molecule has 0 unspecified atom stereocenters. The molecule has 0 bridgehead atoms. The molecule has 0 aliphatic heterocycles. The lowest BCUT2D eigenvalue weighted by Gasteiger charge is -2.27. The lowest BCUT2D eigenvalue weighted by molar-refractivity contribution is 1.68. The summed E-state index contributed by atoms with van der Waals surface area (Å²) in [5.74, 6) is 0. The van der Waals surface area contributed by atoms with Gasteiger partial charge < -0.3 is 0 Å². The summed E-state index contributed by atoms with van der Waals surface area (Å²) in [7, 11) is -6.53. The van der Waals surface area contributed by atoms with Gasteiger partial charge in [-0.15, -0.1) is 0 Å². The van der Waals surface area contributed by atoms with Gasteiger partial charge in [-0.3, -0.25) is 0 Å². The lowest BCUT2D eigenvalue weighted by Crippen LogP contribution is -2.48. The molecule has 0 atom stereocenters. The van der Waals surface area contributed by atoms with Gasteiger partial charge in [0.05, 0.1) is 39.6 Å². The van der Waals surface area contributed by atoms with E-state index in [2.05, 4.69) is 115 Å². The van der Waals surface area contributed by atoms with Crippen LogP contribution in [0.3, 0.4) is 0 Å². The predicted molar refractivity (Wildman–Crippen MR) is 157 cm³/mol. The molecule has 0 heterocycles. The van der Waals surface area contributed by atoms with Crippen molar-refractivity contribution in [3.63, 3.8) is 0 Å². The third-order valence-electron chi connectivity index (χ3n) is 5.75. The van der Waals surface area contributed by atoms with Gasteiger partial charge in [0.15, 0.2) is 0 Å². The van der Waals surface area contributed by atoms with Crippen LogP contribution in [-0.2, 0) is 0 Å². The van der Waals surface area contributed by atoms with Gasteiger partial charge in [-0.1, -0.05) is 147 Å². The normalized spacial score (nSPS) is 13.8. The highest BCUT2D eigenvalue weighted by Crippen LogP contribution is 2.38.